The molecule has 0 radical (unpaired) electrons. The van der Waals surface area contributed by atoms with Crippen molar-refractivity contribution in [2.45, 2.75) is 132 Å². The molecule has 0 aromatic carbocycles. The Bertz CT molecular complexity index is 1160. The maximum atomic E-state index is 12.5. The van der Waals surface area contributed by atoms with Gasteiger partial charge in [0.25, 0.3) is 0 Å². The van der Waals surface area contributed by atoms with Crippen LogP contribution in [0.1, 0.15) is 114 Å². The first kappa shape index (κ1) is 26.6. The van der Waals surface area contributed by atoms with E-state index in [1.54, 1.807) is 18.1 Å². The van der Waals surface area contributed by atoms with Crippen molar-refractivity contribution < 1.29 is 23.8 Å². The summed E-state index contributed by atoms with van der Waals surface area (Å²) in [7, 11) is 0. The average molecular weight is 525 g/mol. The third kappa shape index (κ3) is 3.14. The second-order valence-electron chi connectivity index (χ2n) is 15.1. The molecule has 1 saturated heterocycles. The lowest BCUT2D eigenvalue weighted by Gasteiger charge is -2.62. The summed E-state index contributed by atoms with van der Waals surface area (Å²) in [6, 6.07) is 0. The molecule has 0 aromatic rings. The van der Waals surface area contributed by atoms with E-state index in [2.05, 4.69) is 41.5 Å². The summed E-state index contributed by atoms with van der Waals surface area (Å²) in [6.07, 6.45) is 8.51. The fourth-order valence-corrected chi connectivity index (χ4v) is 11.2. The molecule has 2 saturated carbocycles. The Labute approximate surface area is 229 Å². The number of ether oxygens (including phenoxy) is 3. The number of hydrogen-bond donors (Lipinski definition) is 0. The van der Waals surface area contributed by atoms with Crippen LogP contribution >= 0.6 is 0 Å². The van der Waals surface area contributed by atoms with Crippen molar-refractivity contribution in [1.82, 2.24) is 0 Å². The van der Waals surface area contributed by atoms with Crippen LogP contribution < -0.4 is 0 Å². The highest BCUT2D eigenvalue weighted by Crippen LogP contribution is 2.74. The number of carbonyl (C=O) groups excluding carboxylic acids is 2. The van der Waals surface area contributed by atoms with E-state index in [4.69, 9.17) is 14.2 Å². The minimum Gasteiger partial charge on any atom is -0.462 e. The molecule has 0 N–H and O–H groups in total. The van der Waals surface area contributed by atoms with Gasteiger partial charge in [-0.25, -0.2) is 4.79 Å². The van der Waals surface area contributed by atoms with Crippen LogP contribution in [0.2, 0.25) is 0 Å². The number of rotatable bonds is 1. The molecule has 210 valence electrons. The van der Waals surface area contributed by atoms with Crippen LogP contribution in [0.5, 0.6) is 0 Å². The lowest BCUT2D eigenvalue weighted by atomic mass is 9.43. The molecule has 6 aliphatic rings. The van der Waals surface area contributed by atoms with Crippen molar-refractivity contribution in [3.8, 4) is 0 Å². The first-order chi connectivity index (χ1) is 17.6. The van der Waals surface area contributed by atoms with Gasteiger partial charge in [0.05, 0.1) is 6.10 Å². The van der Waals surface area contributed by atoms with Gasteiger partial charge in [-0.1, -0.05) is 52.7 Å². The standard InChI is InChI=1S/C33H48O5/c1-18-16-33(20(3)19(2)28(35)38-33)37-24-17-32(9)23-10-11-25-29(5,6)26(36-21(4)34)13-14-30(25,7)22(23)12-15-31(32,8)27(18)24/h18,24-27H,10-17H2,1-9H3/t18-,24-,25-,26-,27+,30-,31-,32+,33+/m1/s1. The van der Waals surface area contributed by atoms with Gasteiger partial charge in [0, 0.05) is 29.9 Å². The van der Waals surface area contributed by atoms with E-state index >= 15 is 0 Å². The highest BCUT2D eigenvalue weighted by molar-refractivity contribution is 5.92. The third-order valence-corrected chi connectivity index (χ3v) is 13.3. The van der Waals surface area contributed by atoms with Gasteiger partial charge in [-0.2, -0.15) is 0 Å². The van der Waals surface area contributed by atoms with E-state index in [0.29, 0.717) is 23.3 Å². The second-order valence-corrected chi connectivity index (χ2v) is 15.1. The molecule has 0 bridgehead atoms. The zero-order chi connectivity index (χ0) is 27.6. The van der Waals surface area contributed by atoms with Gasteiger partial charge in [0.2, 0.25) is 5.79 Å². The second kappa shape index (κ2) is 7.98. The minimum atomic E-state index is -0.873. The lowest BCUT2D eigenvalue weighted by Crippen LogP contribution is -2.56. The average Bonchev–Trinajstić information content (AvgIpc) is 3.17. The van der Waals surface area contributed by atoms with Crippen molar-refractivity contribution in [3.05, 3.63) is 22.3 Å². The zero-order valence-electron chi connectivity index (χ0n) is 25.1. The van der Waals surface area contributed by atoms with Crippen LogP contribution in [-0.4, -0.2) is 29.9 Å². The molecule has 6 rings (SSSR count). The molecule has 4 aliphatic carbocycles. The molecule has 38 heavy (non-hydrogen) atoms. The Hall–Kier alpha value is -1.62. The normalized spacial score (nSPS) is 49.3. The summed E-state index contributed by atoms with van der Waals surface area (Å²) < 4.78 is 18.8. The largest absolute Gasteiger partial charge is 0.462 e. The first-order valence-electron chi connectivity index (χ1n) is 15.1. The van der Waals surface area contributed by atoms with E-state index in [1.807, 2.05) is 13.8 Å². The van der Waals surface area contributed by atoms with Crippen molar-refractivity contribution in [2.75, 3.05) is 0 Å². The predicted molar refractivity (Wildman–Crippen MR) is 146 cm³/mol. The molecule has 0 amide bonds. The summed E-state index contributed by atoms with van der Waals surface area (Å²) >= 11 is 0. The first-order valence-corrected chi connectivity index (χ1v) is 15.1. The Morgan fingerprint density at radius 2 is 1.68 bits per heavy atom. The van der Waals surface area contributed by atoms with Crippen LogP contribution in [-0.2, 0) is 23.8 Å². The van der Waals surface area contributed by atoms with Gasteiger partial charge in [-0.3, -0.25) is 4.79 Å². The van der Waals surface area contributed by atoms with Gasteiger partial charge in [-0.15, -0.1) is 0 Å². The van der Waals surface area contributed by atoms with Crippen molar-refractivity contribution in [1.29, 1.82) is 0 Å². The molecule has 5 heteroatoms. The number of esters is 2. The molecule has 2 heterocycles. The lowest BCUT2D eigenvalue weighted by molar-refractivity contribution is -0.262. The number of fused-ring (bicyclic) bond motifs is 6. The van der Waals surface area contributed by atoms with E-state index in [0.717, 1.165) is 50.5 Å². The highest BCUT2D eigenvalue weighted by Gasteiger charge is 2.69. The molecule has 5 nitrogen and oxygen atoms in total. The molecule has 0 unspecified atom stereocenters. The van der Waals surface area contributed by atoms with Gasteiger partial charge in [0.1, 0.15) is 6.10 Å². The molecule has 3 fully saturated rings. The topological polar surface area (TPSA) is 61.8 Å². The highest BCUT2D eigenvalue weighted by atomic mass is 16.7. The van der Waals surface area contributed by atoms with E-state index < -0.39 is 5.79 Å². The fourth-order valence-electron chi connectivity index (χ4n) is 11.2. The number of allylic oxidation sites excluding steroid dienone is 2. The van der Waals surface area contributed by atoms with Gasteiger partial charge in [0.15, 0.2) is 0 Å². The fraction of sp³-hybridized carbons (Fsp3) is 0.818. The molecule has 9 atom stereocenters. The van der Waals surface area contributed by atoms with Crippen molar-refractivity contribution in [2.24, 2.45) is 39.4 Å². The molecule has 2 aliphatic heterocycles. The van der Waals surface area contributed by atoms with Crippen LogP contribution in [0.25, 0.3) is 0 Å². The van der Waals surface area contributed by atoms with E-state index in [9.17, 15) is 9.59 Å². The van der Waals surface area contributed by atoms with Crippen molar-refractivity contribution in [3.63, 3.8) is 0 Å². The van der Waals surface area contributed by atoms with E-state index in [-0.39, 0.29) is 45.8 Å². The van der Waals surface area contributed by atoms with Crippen molar-refractivity contribution >= 4 is 11.9 Å². The van der Waals surface area contributed by atoms with Gasteiger partial charge in [-0.05, 0) is 92.8 Å². The minimum absolute atomic E-state index is 0.00155. The summed E-state index contributed by atoms with van der Waals surface area (Å²) in [5, 5.41) is 0. The van der Waals surface area contributed by atoms with Crippen LogP contribution in [0, 0.1) is 39.4 Å². The van der Waals surface area contributed by atoms with Crippen LogP contribution in [0.4, 0.5) is 0 Å². The molecule has 0 aromatic heterocycles. The SMILES string of the molecule is CC(=O)O[C@@H]1CC[C@]2(C)C3=C(CC[C@@H]2C1(C)C)[C@]1(C)C[C@H]2O[C@@]4(C[C@@H](C)[C@@H]2[C@@]1(C)CC3)OC(=O)C(C)=C4C. The van der Waals surface area contributed by atoms with Gasteiger partial charge < -0.3 is 14.2 Å². The summed E-state index contributed by atoms with van der Waals surface area (Å²) in [5.74, 6) is 0.140. The maximum Gasteiger partial charge on any atom is 0.336 e. The van der Waals surface area contributed by atoms with E-state index in [1.165, 1.54) is 6.42 Å². The number of hydrogen-bond acceptors (Lipinski definition) is 5. The van der Waals surface area contributed by atoms with Gasteiger partial charge >= 0.3 is 11.9 Å². The summed E-state index contributed by atoms with van der Waals surface area (Å²) in [4.78, 5) is 24.4. The zero-order valence-corrected chi connectivity index (χ0v) is 25.1. The maximum absolute atomic E-state index is 12.5. The Morgan fingerprint density at radius 3 is 2.32 bits per heavy atom. The molecular formula is C33H48O5. The Kier molecular flexibility index (Phi) is 5.59. The smallest absolute Gasteiger partial charge is 0.336 e. The summed E-state index contributed by atoms with van der Waals surface area (Å²) in [6.45, 7) is 20.1. The quantitative estimate of drug-likeness (QED) is 0.266. The van der Waals surface area contributed by atoms with Crippen LogP contribution in [0.15, 0.2) is 22.3 Å². The monoisotopic (exact) mass is 524 g/mol. The predicted octanol–water partition coefficient (Wildman–Crippen LogP) is 7.29. The molecular weight excluding hydrogens is 476 g/mol. The number of carbonyl (C=O) groups is 2. The summed E-state index contributed by atoms with van der Waals surface area (Å²) in [5.41, 5.74) is 5.46. The Balaban J connectivity index is 1.37. The van der Waals surface area contributed by atoms with Crippen LogP contribution in [0.3, 0.4) is 0 Å². The third-order valence-electron chi connectivity index (χ3n) is 13.3. The molecule has 1 spiro atoms. The Morgan fingerprint density at radius 1 is 0.974 bits per heavy atom.